The van der Waals surface area contributed by atoms with Crippen LogP contribution in [0.15, 0.2) is 12.1 Å². The van der Waals surface area contributed by atoms with Gasteiger partial charge in [-0.05, 0) is 37.1 Å². The maximum Gasteiger partial charge on any atom is 0.163 e. The van der Waals surface area contributed by atoms with E-state index in [2.05, 4.69) is 0 Å². The third-order valence-electron chi connectivity index (χ3n) is 3.19. The van der Waals surface area contributed by atoms with Crippen molar-refractivity contribution in [2.45, 2.75) is 25.0 Å². The highest BCUT2D eigenvalue weighted by molar-refractivity contribution is 7.99. The Kier molecular flexibility index (Phi) is 4.78. The zero-order chi connectivity index (χ0) is 13.0. The smallest absolute Gasteiger partial charge is 0.163 e. The normalized spacial score (nSPS) is 19.1. The van der Waals surface area contributed by atoms with Crippen molar-refractivity contribution in [2.24, 2.45) is 0 Å². The van der Waals surface area contributed by atoms with E-state index in [0.29, 0.717) is 11.0 Å². The molecule has 0 aromatic heterocycles. The van der Waals surface area contributed by atoms with Crippen molar-refractivity contribution in [1.29, 1.82) is 0 Å². The molecular formula is C14H20O3S. The average molecular weight is 268 g/mol. The second kappa shape index (κ2) is 6.34. The van der Waals surface area contributed by atoms with Gasteiger partial charge >= 0.3 is 0 Å². The number of aromatic hydroxyl groups is 1. The van der Waals surface area contributed by atoms with Gasteiger partial charge in [-0.3, -0.25) is 0 Å². The monoisotopic (exact) mass is 268 g/mol. The second-order valence-corrected chi connectivity index (χ2v) is 5.62. The van der Waals surface area contributed by atoms with Gasteiger partial charge in [-0.25, -0.2) is 0 Å². The molecule has 18 heavy (non-hydrogen) atoms. The third-order valence-corrected chi connectivity index (χ3v) is 4.51. The highest BCUT2D eigenvalue weighted by Crippen LogP contribution is 2.42. The molecule has 1 aliphatic rings. The van der Waals surface area contributed by atoms with Gasteiger partial charge < -0.3 is 14.6 Å². The van der Waals surface area contributed by atoms with Crippen LogP contribution >= 0.6 is 11.8 Å². The number of hydrogen-bond donors (Lipinski definition) is 1. The molecule has 0 saturated heterocycles. The Morgan fingerprint density at radius 3 is 3.00 bits per heavy atom. The number of benzene rings is 1. The molecule has 1 aromatic rings. The van der Waals surface area contributed by atoms with E-state index >= 15 is 0 Å². The van der Waals surface area contributed by atoms with Gasteiger partial charge in [0.25, 0.3) is 0 Å². The summed E-state index contributed by atoms with van der Waals surface area (Å²) in [5, 5.41) is 10.2. The van der Waals surface area contributed by atoms with E-state index in [-0.39, 0.29) is 5.75 Å². The molecule has 1 aromatic carbocycles. The molecule has 2 rings (SSSR count). The summed E-state index contributed by atoms with van der Waals surface area (Å²) in [7, 11) is 1.62. The SMILES string of the molecule is CCOCC1SCCCc2c1ccc(O)c2OC. The van der Waals surface area contributed by atoms with Gasteiger partial charge in [0.1, 0.15) is 0 Å². The average Bonchev–Trinajstić information content (AvgIpc) is 2.58. The number of fused-ring (bicyclic) bond motifs is 1. The molecule has 0 fully saturated rings. The fourth-order valence-corrected chi connectivity index (χ4v) is 3.53. The van der Waals surface area contributed by atoms with E-state index in [0.717, 1.165) is 37.4 Å². The van der Waals surface area contributed by atoms with Crippen molar-refractivity contribution in [3.05, 3.63) is 23.3 Å². The highest BCUT2D eigenvalue weighted by atomic mass is 32.2. The summed E-state index contributed by atoms with van der Waals surface area (Å²) in [6.07, 6.45) is 2.07. The lowest BCUT2D eigenvalue weighted by Crippen LogP contribution is -2.07. The van der Waals surface area contributed by atoms with Gasteiger partial charge in [0.15, 0.2) is 11.5 Å². The first-order chi connectivity index (χ1) is 8.77. The number of phenolic OH excluding ortho intramolecular Hbond substituents is 1. The van der Waals surface area contributed by atoms with Gasteiger partial charge in [0.2, 0.25) is 0 Å². The predicted molar refractivity (Wildman–Crippen MR) is 74.7 cm³/mol. The number of ether oxygens (including phenoxy) is 2. The number of methoxy groups -OCH3 is 1. The van der Waals surface area contributed by atoms with Gasteiger partial charge in [-0.15, -0.1) is 0 Å². The standard InChI is InChI=1S/C14H20O3S/c1-3-17-9-13-10-6-7-12(15)14(16-2)11(10)5-4-8-18-13/h6-7,13,15H,3-5,8-9H2,1-2H3. The Hall–Kier alpha value is -0.870. The molecule has 1 N–H and O–H groups in total. The lowest BCUT2D eigenvalue weighted by atomic mass is 9.99. The first-order valence-corrected chi connectivity index (χ1v) is 7.40. The van der Waals surface area contributed by atoms with Crippen LogP contribution in [0, 0.1) is 0 Å². The molecule has 1 heterocycles. The van der Waals surface area contributed by atoms with Gasteiger partial charge in [0.05, 0.1) is 19.0 Å². The summed E-state index contributed by atoms with van der Waals surface area (Å²) < 4.78 is 10.9. The number of phenols is 1. The molecule has 0 spiro atoms. The topological polar surface area (TPSA) is 38.7 Å². The van der Waals surface area contributed by atoms with Crippen molar-refractivity contribution in [3.63, 3.8) is 0 Å². The fraction of sp³-hybridized carbons (Fsp3) is 0.571. The van der Waals surface area contributed by atoms with E-state index < -0.39 is 0 Å². The van der Waals surface area contributed by atoms with E-state index in [1.54, 1.807) is 13.2 Å². The van der Waals surface area contributed by atoms with E-state index in [4.69, 9.17) is 9.47 Å². The zero-order valence-electron chi connectivity index (χ0n) is 10.9. The van der Waals surface area contributed by atoms with Crippen molar-refractivity contribution >= 4 is 11.8 Å². The maximum absolute atomic E-state index is 9.86. The van der Waals surface area contributed by atoms with Crippen molar-refractivity contribution in [2.75, 3.05) is 26.1 Å². The minimum Gasteiger partial charge on any atom is -0.504 e. The van der Waals surface area contributed by atoms with E-state index in [9.17, 15) is 5.11 Å². The first kappa shape index (κ1) is 13.6. The number of rotatable bonds is 4. The molecule has 3 nitrogen and oxygen atoms in total. The molecule has 1 unspecified atom stereocenters. The van der Waals surface area contributed by atoms with Crippen LogP contribution in [0.4, 0.5) is 0 Å². The summed E-state index contributed by atoms with van der Waals surface area (Å²) in [5.41, 5.74) is 2.40. The highest BCUT2D eigenvalue weighted by Gasteiger charge is 2.23. The van der Waals surface area contributed by atoms with Gasteiger partial charge in [0, 0.05) is 12.2 Å². The van der Waals surface area contributed by atoms with Crippen LogP contribution in [0.5, 0.6) is 11.5 Å². The van der Waals surface area contributed by atoms with Crippen LogP contribution in [0.3, 0.4) is 0 Å². The lowest BCUT2D eigenvalue weighted by molar-refractivity contribution is 0.149. The minimum absolute atomic E-state index is 0.235. The van der Waals surface area contributed by atoms with Crippen LogP contribution in [-0.4, -0.2) is 31.2 Å². The predicted octanol–water partition coefficient (Wildman–Crippen LogP) is 3.16. The van der Waals surface area contributed by atoms with Crippen LogP contribution in [0.25, 0.3) is 0 Å². The molecule has 1 aliphatic heterocycles. The molecular weight excluding hydrogens is 248 g/mol. The van der Waals surface area contributed by atoms with Crippen LogP contribution in [0.1, 0.15) is 29.7 Å². The van der Waals surface area contributed by atoms with Crippen molar-refractivity contribution in [1.82, 2.24) is 0 Å². The Morgan fingerprint density at radius 2 is 2.28 bits per heavy atom. The molecule has 4 heteroatoms. The number of thioether (sulfide) groups is 1. The van der Waals surface area contributed by atoms with Crippen molar-refractivity contribution in [3.8, 4) is 11.5 Å². The Bertz CT molecular complexity index is 406. The quantitative estimate of drug-likeness (QED) is 0.910. The van der Waals surface area contributed by atoms with E-state index in [1.807, 2.05) is 24.8 Å². The Morgan fingerprint density at radius 1 is 1.44 bits per heavy atom. The van der Waals surface area contributed by atoms with Crippen molar-refractivity contribution < 1.29 is 14.6 Å². The first-order valence-electron chi connectivity index (χ1n) is 6.36. The lowest BCUT2D eigenvalue weighted by Gasteiger charge is -2.19. The van der Waals surface area contributed by atoms with Crippen LogP contribution < -0.4 is 4.74 Å². The summed E-state index contributed by atoms with van der Waals surface area (Å²) >= 11 is 1.93. The van der Waals surface area contributed by atoms with E-state index in [1.165, 1.54) is 5.56 Å². The van der Waals surface area contributed by atoms with Gasteiger partial charge in [-0.1, -0.05) is 6.07 Å². The second-order valence-electron chi connectivity index (χ2n) is 4.31. The third kappa shape index (κ3) is 2.75. The number of hydrogen-bond acceptors (Lipinski definition) is 4. The maximum atomic E-state index is 9.86. The zero-order valence-corrected chi connectivity index (χ0v) is 11.8. The molecule has 0 radical (unpaired) electrons. The Labute approximate surface area is 112 Å². The molecule has 0 bridgehead atoms. The summed E-state index contributed by atoms with van der Waals surface area (Å²) in [4.78, 5) is 0. The van der Waals surface area contributed by atoms with Crippen LogP contribution in [0.2, 0.25) is 0 Å². The molecule has 100 valence electrons. The molecule has 1 atom stereocenters. The van der Waals surface area contributed by atoms with Gasteiger partial charge in [-0.2, -0.15) is 11.8 Å². The minimum atomic E-state index is 0.235. The fourth-order valence-electron chi connectivity index (χ4n) is 2.35. The molecule has 0 amide bonds. The van der Waals surface area contributed by atoms with Crippen LogP contribution in [-0.2, 0) is 11.2 Å². The summed E-state index contributed by atoms with van der Waals surface area (Å²) in [5.74, 6) is 1.99. The largest absolute Gasteiger partial charge is 0.504 e. The summed E-state index contributed by atoms with van der Waals surface area (Å²) in [6.45, 7) is 3.48. The molecule has 0 aliphatic carbocycles. The summed E-state index contributed by atoms with van der Waals surface area (Å²) in [6, 6.07) is 3.73. The molecule has 0 saturated carbocycles. The Balaban J connectivity index is 2.36.